The van der Waals surface area contributed by atoms with E-state index in [2.05, 4.69) is 5.32 Å². The van der Waals surface area contributed by atoms with E-state index < -0.39 is 0 Å². The standard InChI is InChI=1S/C13H17NO3/c1-17-13(16)12-7-3-6-11(14-12)9-4-2-5-10(15)8-9/h2,4-5,8,11-12,14-15H,3,6-7H2,1H3. The van der Waals surface area contributed by atoms with Crippen molar-refractivity contribution in [2.24, 2.45) is 0 Å². The average molecular weight is 235 g/mol. The number of phenols is 1. The molecule has 0 spiro atoms. The molecule has 2 atom stereocenters. The number of piperidine rings is 1. The van der Waals surface area contributed by atoms with E-state index in [0.29, 0.717) is 0 Å². The molecule has 2 unspecified atom stereocenters. The third kappa shape index (κ3) is 2.77. The molecular weight excluding hydrogens is 218 g/mol. The van der Waals surface area contributed by atoms with Crippen molar-refractivity contribution in [3.05, 3.63) is 29.8 Å². The van der Waals surface area contributed by atoms with Crippen LogP contribution in [0.4, 0.5) is 0 Å². The number of aromatic hydroxyl groups is 1. The van der Waals surface area contributed by atoms with Gasteiger partial charge in [-0.15, -0.1) is 0 Å². The highest BCUT2D eigenvalue weighted by atomic mass is 16.5. The van der Waals surface area contributed by atoms with Gasteiger partial charge in [-0.05, 0) is 37.0 Å². The van der Waals surface area contributed by atoms with Crippen LogP contribution in [0.2, 0.25) is 0 Å². The number of phenolic OH excluding ortho intramolecular Hbond substituents is 1. The molecule has 1 saturated heterocycles. The van der Waals surface area contributed by atoms with Crippen molar-refractivity contribution in [1.82, 2.24) is 5.32 Å². The molecule has 1 aliphatic heterocycles. The van der Waals surface area contributed by atoms with Crippen LogP contribution in [0.25, 0.3) is 0 Å². The van der Waals surface area contributed by atoms with Gasteiger partial charge in [-0.3, -0.25) is 10.1 Å². The number of carbonyl (C=O) groups is 1. The summed E-state index contributed by atoms with van der Waals surface area (Å²) in [6, 6.07) is 7.02. The first-order valence-corrected chi connectivity index (χ1v) is 5.83. The zero-order chi connectivity index (χ0) is 12.3. The van der Waals surface area contributed by atoms with Crippen LogP contribution in [-0.4, -0.2) is 24.2 Å². The number of esters is 1. The first-order valence-electron chi connectivity index (χ1n) is 5.83. The first-order chi connectivity index (χ1) is 8.20. The third-order valence-corrected chi connectivity index (χ3v) is 3.15. The molecule has 0 aliphatic carbocycles. The van der Waals surface area contributed by atoms with Gasteiger partial charge < -0.3 is 9.84 Å². The molecule has 0 saturated carbocycles. The molecule has 92 valence electrons. The Balaban J connectivity index is 2.09. The van der Waals surface area contributed by atoms with Gasteiger partial charge in [0.15, 0.2) is 0 Å². The number of nitrogens with one attached hydrogen (secondary N) is 1. The number of methoxy groups -OCH3 is 1. The fourth-order valence-corrected chi connectivity index (χ4v) is 2.27. The van der Waals surface area contributed by atoms with Gasteiger partial charge in [0, 0.05) is 6.04 Å². The molecule has 4 nitrogen and oxygen atoms in total. The average Bonchev–Trinajstić information content (AvgIpc) is 2.38. The van der Waals surface area contributed by atoms with Crippen molar-refractivity contribution in [2.75, 3.05) is 7.11 Å². The quantitative estimate of drug-likeness (QED) is 0.767. The minimum Gasteiger partial charge on any atom is -0.508 e. The lowest BCUT2D eigenvalue weighted by Gasteiger charge is -2.29. The molecule has 0 radical (unpaired) electrons. The SMILES string of the molecule is COC(=O)C1CCCC(c2cccc(O)c2)N1. The van der Waals surface area contributed by atoms with Gasteiger partial charge in [0.1, 0.15) is 11.8 Å². The lowest BCUT2D eigenvalue weighted by molar-refractivity contribution is -0.144. The van der Waals surface area contributed by atoms with E-state index in [1.165, 1.54) is 7.11 Å². The Morgan fingerprint density at radius 1 is 1.47 bits per heavy atom. The molecule has 0 amide bonds. The molecular formula is C13H17NO3. The van der Waals surface area contributed by atoms with Crippen LogP contribution in [0.3, 0.4) is 0 Å². The maximum atomic E-state index is 11.5. The molecule has 1 aromatic carbocycles. The molecule has 17 heavy (non-hydrogen) atoms. The zero-order valence-electron chi connectivity index (χ0n) is 9.85. The fourth-order valence-electron chi connectivity index (χ4n) is 2.27. The van der Waals surface area contributed by atoms with Crippen LogP contribution in [-0.2, 0) is 9.53 Å². The van der Waals surface area contributed by atoms with E-state index in [1.807, 2.05) is 12.1 Å². The number of hydrogen-bond donors (Lipinski definition) is 2. The van der Waals surface area contributed by atoms with Gasteiger partial charge in [-0.25, -0.2) is 0 Å². The number of hydrogen-bond acceptors (Lipinski definition) is 4. The van der Waals surface area contributed by atoms with Crippen molar-refractivity contribution in [1.29, 1.82) is 0 Å². The highest BCUT2D eigenvalue weighted by molar-refractivity contribution is 5.75. The molecule has 2 N–H and O–H groups in total. The van der Waals surface area contributed by atoms with Gasteiger partial charge in [0.2, 0.25) is 0 Å². The van der Waals surface area contributed by atoms with Gasteiger partial charge in [0.25, 0.3) is 0 Å². The monoisotopic (exact) mass is 235 g/mol. The Morgan fingerprint density at radius 3 is 3.00 bits per heavy atom. The van der Waals surface area contributed by atoms with Crippen LogP contribution in [0, 0.1) is 0 Å². The highest BCUT2D eigenvalue weighted by Gasteiger charge is 2.27. The minimum absolute atomic E-state index is 0.111. The smallest absolute Gasteiger partial charge is 0.322 e. The van der Waals surface area contributed by atoms with Gasteiger partial charge in [-0.2, -0.15) is 0 Å². The van der Waals surface area contributed by atoms with Crippen LogP contribution >= 0.6 is 0 Å². The van der Waals surface area contributed by atoms with Crippen molar-refractivity contribution in [2.45, 2.75) is 31.3 Å². The summed E-state index contributed by atoms with van der Waals surface area (Å²) in [7, 11) is 1.40. The van der Waals surface area contributed by atoms with E-state index in [-0.39, 0.29) is 23.8 Å². The molecule has 1 aromatic rings. The second kappa shape index (κ2) is 5.19. The van der Waals surface area contributed by atoms with E-state index in [0.717, 1.165) is 24.8 Å². The largest absolute Gasteiger partial charge is 0.508 e. The van der Waals surface area contributed by atoms with Crippen molar-refractivity contribution >= 4 is 5.97 Å². The minimum atomic E-state index is -0.235. The zero-order valence-corrected chi connectivity index (χ0v) is 9.85. The first kappa shape index (κ1) is 11.9. The number of rotatable bonds is 2. The summed E-state index contributed by atoms with van der Waals surface area (Å²) in [5.41, 5.74) is 1.01. The lowest BCUT2D eigenvalue weighted by Crippen LogP contribution is -2.43. The van der Waals surface area contributed by atoms with Gasteiger partial charge >= 0.3 is 5.97 Å². The maximum absolute atomic E-state index is 11.5. The van der Waals surface area contributed by atoms with Crippen LogP contribution in [0.1, 0.15) is 30.9 Å². The number of carbonyl (C=O) groups excluding carboxylic acids is 1. The fraction of sp³-hybridized carbons (Fsp3) is 0.462. The van der Waals surface area contributed by atoms with E-state index in [4.69, 9.17) is 4.74 Å². The molecule has 0 bridgehead atoms. The van der Waals surface area contributed by atoms with Crippen molar-refractivity contribution in [3.63, 3.8) is 0 Å². The second-order valence-electron chi connectivity index (χ2n) is 4.32. The summed E-state index contributed by atoms with van der Waals surface area (Å²) in [5, 5.41) is 12.7. The summed E-state index contributed by atoms with van der Waals surface area (Å²) in [4.78, 5) is 11.5. The predicted octanol–water partition coefficient (Wildman–Crippen LogP) is 1.75. The Morgan fingerprint density at radius 2 is 2.29 bits per heavy atom. The molecule has 1 heterocycles. The highest BCUT2D eigenvalue weighted by Crippen LogP contribution is 2.27. The van der Waals surface area contributed by atoms with Crippen molar-refractivity contribution in [3.8, 4) is 5.75 Å². The normalized spacial score (nSPS) is 24.3. The summed E-state index contributed by atoms with van der Waals surface area (Å²) in [5.74, 6) is 0.0411. The van der Waals surface area contributed by atoms with Crippen LogP contribution in [0.5, 0.6) is 5.75 Å². The summed E-state index contributed by atoms with van der Waals surface area (Å²) in [6.45, 7) is 0. The van der Waals surface area contributed by atoms with Gasteiger partial charge in [-0.1, -0.05) is 12.1 Å². The lowest BCUT2D eigenvalue weighted by atomic mass is 9.93. The van der Waals surface area contributed by atoms with Crippen molar-refractivity contribution < 1.29 is 14.6 Å². The van der Waals surface area contributed by atoms with E-state index >= 15 is 0 Å². The Bertz CT molecular complexity index is 405. The molecule has 4 heteroatoms. The second-order valence-corrected chi connectivity index (χ2v) is 4.32. The molecule has 1 fully saturated rings. The van der Waals surface area contributed by atoms with Gasteiger partial charge in [0.05, 0.1) is 7.11 Å². The topological polar surface area (TPSA) is 58.6 Å². The Kier molecular flexibility index (Phi) is 3.64. The van der Waals surface area contributed by atoms with E-state index in [1.54, 1.807) is 12.1 Å². The van der Waals surface area contributed by atoms with Crippen LogP contribution in [0.15, 0.2) is 24.3 Å². The molecule has 0 aromatic heterocycles. The summed E-state index contributed by atoms with van der Waals surface area (Å²) < 4.78 is 4.75. The molecule has 1 aliphatic rings. The summed E-state index contributed by atoms with van der Waals surface area (Å²) >= 11 is 0. The van der Waals surface area contributed by atoms with E-state index in [9.17, 15) is 9.90 Å². The Labute approximate surface area is 101 Å². The van der Waals surface area contributed by atoms with Crippen LogP contribution < -0.4 is 5.32 Å². The number of benzene rings is 1. The maximum Gasteiger partial charge on any atom is 0.322 e. The number of ether oxygens (including phenoxy) is 1. The predicted molar refractivity (Wildman–Crippen MR) is 63.6 cm³/mol. The Hall–Kier alpha value is -1.55. The summed E-state index contributed by atoms with van der Waals surface area (Å²) in [6.07, 6.45) is 2.76. The molecule has 2 rings (SSSR count). The third-order valence-electron chi connectivity index (χ3n) is 3.15.